The van der Waals surface area contributed by atoms with Gasteiger partial charge in [0.1, 0.15) is 0 Å². The molecule has 49 heavy (non-hydrogen) atoms. The molecule has 0 fully saturated rings. The predicted molar refractivity (Wildman–Crippen MR) is 206 cm³/mol. The van der Waals surface area contributed by atoms with Gasteiger partial charge in [-0.1, -0.05) is 143 Å². The molecule has 2 nitrogen and oxygen atoms in total. The summed E-state index contributed by atoms with van der Waals surface area (Å²) in [5.41, 5.74) is 15.4. The first kappa shape index (κ1) is 29.4. The van der Waals surface area contributed by atoms with E-state index in [0.29, 0.717) is 0 Å². The Morgan fingerprint density at radius 1 is 0.388 bits per heavy atom. The van der Waals surface area contributed by atoms with Crippen LogP contribution < -0.4 is 0 Å². The highest BCUT2D eigenvalue weighted by molar-refractivity contribution is 6.09. The highest BCUT2D eigenvalue weighted by Crippen LogP contribution is 2.51. The maximum atomic E-state index is 5.13. The number of benzene rings is 6. The lowest BCUT2D eigenvalue weighted by Gasteiger charge is -2.44. The molecule has 1 aliphatic rings. The topological polar surface area (TPSA) is 17.8 Å². The second-order valence-electron chi connectivity index (χ2n) is 14.5. The van der Waals surface area contributed by atoms with E-state index in [9.17, 15) is 0 Å². The van der Waals surface area contributed by atoms with Crippen molar-refractivity contribution in [3.63, 3.8) is 0 Å². The molecule has 0 N–H and O–H groups in total. The first-order valence-corrected chi connectivity index (χ1v) is 17.2. The van der Waals surface area contributed by atoms with Gasteiger partial charge in [-0.25, -0.2) is 4.98 Å². The van der Waals surface area contributed by atoms with Crippen LogP contribution in [0.1, 0.15) is 49.9 Å². The van der Waals surface area contributed by atoms with Crippen LogP contribution in [-0.2, 0) is 10.8 Å². The summed E-state index contributed by atoms with van der Waals surface area (Å²) in [5.74, 6) is 0. The lowest BCUT2D eigenvalue weighted by Crippen LogP contribution is -2.36. The van der Waals surface area contributed by atoms with Gasteiger partial charge in [0, 0.05) is 38.4 Å². The second-order valence-corrected chi connectivity index (χ2v) is 14.5. The molecule has 2 aromatic heterocycles. The van der Waals surface area contributed by atoms with E-state index in [2.05, 4.69) is 190 Å². The van der Waals surface area contributed by atoms with Crippen molar-refractivity contribution in [2.75, 3.05) is 0 Å². The van der Waals surface area contributed by atoms with Crippen molar-refractivity contribution < 1.29 is 0 Å². The molecule has 0 bridgehead atoms. The maximum absolute atomic E-state index is 5.13. The van der Waals surface area contributed by atoms with Crippen molar-refractivity contribution in [1.29, 1.82) is 0 Å². The quantitative estimate of drug-likeness (QED) is 0.189. The smallest absolute Gasteiger partial charge is 0.0715 e. The molecule has 2 heterocycles. The van der Waals surface area contributed by atoms with Gasteiger partial charge in [0.25, 0.3) is 0 Å². The van der Waals surface area contributed by atoms with E-state index in [-0.39, 0.29) is 10.8 Å². The van der Waals surface area contributed by atoms with Crippen LogP contribution >= 0.6 is 0 Å². The van der Waals surface area contributed by atoms with E-state index in [4.69, 9.17) is 4.98 Å². The molecule has 0 radical (unpaired) electrons. The predicted octanol–water partition coefficient (Wildman–Crippen LogP) is 12.1. The minimum Gasteiger partial charge on any atom is -0.309 e. The molecule has 9 rings (SSSR count). The normalized spacial score (nSPS) is 14.4. The lowest BCUT2D eigenvalue weighted by atomic mass is 9.59. The Labute approximate surface area is 288 Å². The Bertz CT molecular complexity index is 2420. The molecule has 6 aromatic carbocycles. The summed E-state index contributed by atoms with van der Waals surface area (Å²) in [6, 6.07) is 57.3. The SMILES string of the molecule is CC1(C)c2ccc(-n3c4ccccc4c4ccccc43)cc2C(C)(C)c2ccc(-c3cc(-c4ccccc4)nc(-c4ccccc4)c3)cc21. The fourth-order valence-corrected chi connectivity index (χ4v) is 8.22. The highest BCUT2D eigenvalue weighted by atomic mass is 15.0. The Morgan fingerprint density at radius 2 is 0.857 bits per heavy atom. The van der Waals surface area contributed by atoms with Crippen molar-refractivity contribution in [3.05, 3.63) is 180 Å². The molecular weight excluding hydrogens is 593 g/mol. The molecule has 1 aliphatic carbocycles. The third-order valence-corrected chi connectivity index (χ3v) is 10.9. The highest BCUT2D eigenvalue weighted by Gasteiger charge is 2.42. The zero-order chi connectivity index (χ0) is 33.3. The Balaban J connectivity index is 1.20. The third-order valence-electron chi connectivity index (χ3n) is 10.9. The van der Waals surface area contributed by atoms with Gasteiger partial charge in [0.2, 0.25) is 0 Å². The Morgan fingerprint density at radius 3 is 1.41 bits per heavy atom. The number of aromatic nitrogens is 2. The molecule has 0 aliphatic heterocycles. The largest absolute Gasteiger partial charge is 0.309 e. The fourth-order valence-electron chi connectivity index (χ4n) is 8.22. The molecule has 8 aromatic rings. The zero-order valence-electron chi connectivity index (χ0n) is 28.4. The Hall–Kier alpha value is -5.73. The van der Waals surface area contributed by atoms with Crippen molar-refractivity contribution in [2.45, 2.75) is 38.5 Å². The first-order chi connectivity index (χ1) is 23.8. The van der Waals surface area contributed by atoms with Crippen molar-refractivity contribution in [3.8, 4) is 39.3 Å². The van der Waals surface area contributed by atoms with Crippen LogP contribution in [0.5, 0.6) is 0 Å². The number of rotatable bonds is 4. The number of hydrogen-bond donors (Lipinski definition) is 0. The van der Waals surface area contributed by atoms with Gasteiger partial charge in [0.05, 0.1) is 22.4 Å². The van der Waals surface area contributed by atoms with Crippen LogP contribution in [0.4, 0.5) is 0 Å². The van der Waals surface area contributed by atoms with Crippen LogP contribution in [0, 0.1) is 0 Å². The minimum absolute atomic E-state index is 0.184. The number of pyridine rings is 1. The van der Waals surface area contributed by atoms with Gasteiger partial charge in [-0.05, 0) is 75.8 Å². The fraction of sp³-hybridized carbons (Fsp3) is 0.128. The zero-order valence-corrected chi connectivity index (χ0v) is 28.4. The molecule has 0 unspecified atom stereocenters. The summed E-state index contributed by atoms with van der Waals surface area (Å²) in [7, 11) is 0. The van der Waals surface area contributed by atoms with Crippen LogP contribution in [0.15, 0.2) is 158 Å². The van der Waals surface area contributed by atoms with Gasteiger partial charge in [-0.2, -0.15) is 0 Å². The van der Waals surface area contributed by atoms with Crippen LogP contribution in [0.2, 0.25) is 0 Å². The van der Waals surface area contributed by atoms with Gasteiger partial charge < -0.3 is 4.57 Å². The maximum Gasteiger partial charge on any atom is 0.0715 e. The monoisotopic (exact) mass is 630 g/mol. The molecule has 0 atom stereocenters. The summed E-state index contributed by atoms with van der Waals surface area (Å²) in [6.07, 6.45) is 0. The molecular formula is C47H38N2. The van der Waals surface area contributed by atoms with Crippen molar-refractivity contribution >= 4 is 21.8 Å². The van der Waals surface area contributed by atoms with Crippen LogP contribution in [0.3, 0.4) is 0 Å². The average Bonchev–Trinajstić information content (AvgIpc) is 3.49. The molecule has 0 amide bonds. The van der Waals surface area contributed by atoms with Crippen molar-refractivity contribution in [2.24, 2.45) is 0 Å². The Kier molecular flexibility index (Phi) is 6.54. The summed E-state index contributed by atoms with van der Waals surface area (Å²) >= 11 is 0. The van der Waals surface area contributed by atoms with E-state index in [1.807, 2.05) is 0 Å². The van der Waals surface area contributed by atoms with Gasteiger partial charge in [-0.15, -0.1) is 0 Å². The molecule has 236 valence electrons. The third kappa shape index (κ3) is 4.59. The van der Waals surface area contributed by atoms with Crippen LogP contribution in [-0.4, -0.2) is 9.55 Å². The standard InChI is InChI=1S/C47H38N2/c1-46(2)39-26-24-35(49-44-21-13-11-19-36(44)37-20-12-14-22-45(37)49)30-41(39)47(3,4)38-25-23-33(27-40(38)46)34-28-42(31-15-7-5-8-16-31)48-43(29-34)32-17-9-6-10-18-32/h5-30H,1-4H3. The lowest BCUT2D eigenvalue weighted by molar-refractivity contribution is 0.520. The number of hydrogen-bond acceptors (Lipinski definition) is 1. The van der Waals surface area contributed by atoms with E-state index < -0.39 is 0 Å². The molecule has 0 saturated heterocycles. The van der Waals surface area contributed by atoms with E-state index in [1.54, 1.807) is 0 Å². The molecule has 0 spiro atoms. The average molecular weight is 631 g/mol. The summed E-state index contributed by atoms with van der Waals surface area (Å²) in [5, 5.41) is 2.57. The summed E-state index contributed by atoms with van der Waals surface area (Å²) in [4.78, 5) is 5.13. The van der Waals surface area contributed by atoms with E-state index >= 15 is 0 Å². The number of nitrogens with zero attached hydrogens (tertiary/aromatic N) is 2. The van der Waals surface area contributed by atoms with Crippen LogP contribution in [0.25, 0.3) is 61.1 Å². The minimum atomic E-state index is -0.187. The number of fused-ring (bicyclic) bond motifs is 5. The second kappa shape index (κ2) is 10.9. The van der Waals surface area contributed by atoms with E-state index in [1.165, 1.54) is 60.9 Å². The van der Waals surface area contributed by atoms with Gasteiger partial charge >= 0.3 is 0 Å². The first-order valence-electron chi connectivity index (χ1n) is 17.2. The number of para-hydroxylation sites is 2. The molecule has 0 saturated carbocycles. The van der Waals surface area contributed by atoms with Gasteiger partial charge in [0.15, 0.2) is 0 Å². The molecule has 2 heteroatoms. The van der Waals surface area contributed by atoms with Gasteiger partial charge in [-0.3, -0.25) is 0 Å². The summed E-state index contributed by atoms with van der Waals surface area (Å²) < 4.78 is 2.44. The van der Waals surface area contributed by atoms with E-state index in [0.717, 1.165) is 22.5 Å². The van der Waals surface area contributed by atoms with Crippen molar-refractivity contribution in [1.82, 2.24) is 9.55 Å². The summed E-state index contributed by atoms with van der Waals surface area (Å²) in [6.45, 7) is 9.56.